The number of benzene rings is 8. The molecule has 0 aliphatic carbocycles. The Labute approximate surface area is 342 Å². The highest BCUT2D eigenvalue weighted by molar-refractivity contribution is 6.37. The first-order chi connectivity index (χ1) is 29.0. The highest BCUT2D eigenvalue weighted by atomic mass is 16.3. The van der Waals surface area contributed by atoms with Crippen LogP contribution in [0.4, 0.5) is 0 Å². The van der Waals surface area contributed by atoms with Gasteiger partial charge in [-0.3, -0.25) is 5.41 Å². The minimum atomic E-state index is 0.390. The van der Waals surface area contributed by atoms with E-state index in [4.69, 9.17) is 14.8 Å². The molecule has 1 N–H and O–H groups in total. The first-order valence-electron chi connectivity index (χ1n) is 19.8. The summed E-state index contributed by atoms with van der Waals surface area (Å²) in [5.41, 5.74) is 13.6. The molecule has 280 valence electrons. The molecular formula is C55H39N3O. The van der Waals surface area contributed by atoms with Crippen molar-refractivity contribution in [3.8, 4) is 16.8 Å². The third-order valence-electron chi connectivity index (χ3n) is 11.1. The smallest absolute Gasteiger partial charge is 0.136 e. The van der Waals surface area contributed by atoms with Crippen LogP contribution in [-0.2, 0) is 0 Å². The van der Waals surface area contributed by atoms with Crippen LogP contribution < -0.4 is 0 Å². The Balaban J connectivity index is 0.000000157. The van der Waals surface area contributed by atoms with Crippen LogP contribution in [0, 0.1) is 12.3 Å². The minimum absolute atomic E-state index is 0.390. The van der Waals surface area contributed by atoms with Crippen molar-refractivity contribution in [3.63, 3.8) is 0 Å². The van der Waals surface area contributed by atoms with Gasteiger partial charge in [0.15, 0.2) is 0 Å². The maximum Gasteiger partial charge on any atom is 0.136 e. The van der Waals surface area contributed by atoms with Crippen LogP contribution in [0.2, 0.25) is 0 Å². The Kier molecular flexibility index (Phi) is 9.00. The van der Waals surface area contributed by atoms with Gasteiger partial charge in [-0.15, -0.1) is 0 Å². The molecule has 0 radical (unpaired) electrons. The van der Waals surface area contributed by atoms with Crippen LogP contribution in [0.5, 0.6) is 0 Å². The van der Waals surface area contributed by atoms with Gasteiger partial charge in [0.2, 0.25) is 0 Å². The van der Waals surface area contributed by atoms with Gasteiger partial charge in [-0.05, 0) is 95.1 Å². The van der Waals surface area contributed by atoms with Crippen LogP contribution in [0.3, 0.4) is 0 Å². The largest absolute Gasteiger partial charge is 0.456 e. The minimum Gasteiger partial charge on any atom is -0.456 e. The van der Waals surface area contributed by atoms with Crippen molar-refractivity contribution in [3.05, 3.63) is 229 Å². The molecule has 0 amide bonds. The molecule has 0 atom stereocenters. The average Bonchev–Trinajstić information content (AvgIpc) is 3.82. The summed E-state index contributed by atoms with van der Waals surface area (Å²) in [6.45, 7) is 5.91. The lowest BCUT2D eigenvalue weighted by Gasteiger charge is -2.18. The molecule has 4 heteroatoms. The van der Waals surface area contributed by atoms with E-state index in [1.807, 2.05) is 54.6 Å². The number of rotatable bonds is 5. The van der Waals surface area contributed by atoms with E-state index in [2.05, 4.69) is 152 Å². The predicted octanol–water partition coefficient (Wildman–Crippen LogP) is 14.5. The fourth-order valence-corrected chi connectivity index (χ4v) is 8.30. The molecule has 4 nitrogen and oxygen atoms in total. The number of dihydropyridines is 1. The summed E-state index contributed by atoms with van der Waals surface area (Å²) in [7, 11) is 0. The maximum atomic E-state index is 8.81. The zero-order chi connectivity index (χ0) is 39.9. The van der Waals surface area contributed by atoms with Crippen molar-refractivity contribution >= 4 is 71.5 Å². The van der Waals surface area contributed by atoms with Gasteiger partial charge in [0.25, 0.3) is 0 Å². The van der Waals surface area contributed by atoms with E-state index >= 15 is 0 Å². The Hall–Kier alpha value is -7.82. The molecule has 2 aromatic heterocycles. The van der Waals surface area contributed by atoms with Crippen molar-refractivity contribution in [1.82, 2.24) is 4.57 Å². The van der Waals surface area contributed by atoms with Crippen molar-refractivity contribution in [1.29, 1.82) is 5.41 Å². The molecule has 8 aromatic carbocycles. The van der Waals surface area contributed by atoms with Gasteiger partial charge in [-0.2, -0.15) is 0 Å². The number of aryl methyl sites for hydroxylation is 1. The highest BCUT2D eigenvalue weighted by Gasteiger charge is 2.20. The van der Waals surface area contributed by atoms with E-state index in [0.29, 0.717) is 11.4 Å². The zero-order valence-electron chi connectivity index (χ0n) is 32.6. The Morgan fingerprint density at radius 2 is 1.27 bits per heavy atom. The summed E-state index contributed by atoms with van der Waals surface area (Å²) in [4.78, 5) is 4.72. The molecule has 0 fully saturated rings. The molecule has 0 bridgehead atoms. The summed E-state index contributed by atoms with van der Waals surface area (Å²) in [5.74, 6) is 0. The van der Waals surface area contributed by atoms with Gasteiger partial charge >= 0.3 is 0 Å². The second-order valence-corrected chi connectivity index (χ2v) is 14.8. The summed E-state index contributed by atoms with van der Waals surface area (Å²) in [6.07, 6.45) is 5.47. The van der Waals surface area contributed by atoms with Gasteiger partial charge in [0.05, 0.1) is 28.2 Å². The third kappa shape index (κ3) is 6.47. The maximum absolute atomic E-state index is 8.81. The molecule has 59 heavy (non-hydrogen) atoms. The molecule has 3 heterocycles. The molecule has 1 aliphatic rings. The van der Waals surface area contributed by atoms with Crippen molar-refractivity contribution < 1.29 is 4.42 Å². The van der Waals surface area contributed by atoms with Gasteiger partial charge < -0.3 is 8.98 Å². The third-order valence-corrected chi connectivity index (χ3v) is 11.1. The normalized spacial score (nSPS) is 13.5. The number of allylic oxidation sites excluding steroid dienone is 4. The number of hydrogen-bond donors (Lipinski definition) is 1. The van der Waals surface area contributed by atoms with E-state index in [1.165, 1.54) is 43.8 Å². The number of fused-ring (bicyclic) bond motifs is 7. The number of aromatic nitrogens is 1. The Morgan fingerprint density at radius 3 is 2.05 bits per heavy atom. The fraction of sp³-hybridized carbons (Fsp3) is 0.0182. The van der Waals surface area contributed by atoms with Crippen molar-refractivity contribution in [2.24, 2.45) is 4.99 Å². The molecule has 0 saturated carbocycles. The van der Waals surface area contributed by atoms with Gasteiger partial charge in [0.1, 0.15) is 11.2 Å². The first kappa shape index (κ1) is 35.6. The topological polar surface area (TPSA) is 54.3 Å². The van der Waals surface area contributed by atoms with Crippen LogP contribution in [0.25, 0.3) is 76.9 Å². The number of nitrogens with one attached hydrogen (secondary N) is 1. The molecule has 1 aliphatic heterocycles. The lowest BCUT2D eigenvalue weighted by atomic mass is 9.91. The molecule has 0 unspecified atom stereocenters. The van der Waals surface area contributed by atoms with E-state index in [-0.39, 0.29) is 0 Å². The quantitative estimate of drug-likeness (QED) is 0.187. The van der Waals surface area contributed by atoms with Gasteiger partial charge in [-0.1, -0.05) is 152 Å². The number of furan rings is 1. The second-order valence-electron chi connectivity index (χ2n) is 14.8. The molecule has 11 rings (SSSR count). The number of nitrogens with zero attached hydrogens (tertiary/aromatic N) is 2. The summed E-state index contributed by atoms with van der Waals surface area (Å²) in [6, 6.07) is 63.4. The molecule has 0 spiro atoms. The summed E-state index contributed by atoms with van der Waals surface area (Å²) in [5, 5.41) is 16.2. The lowest BCUT2D eigenvalue weighted by molar-refractivity contribution is 0.669. The van der Waals surface area contributed by atoms with Crippen LogP contribution in [-0.4, -0.2) is 16.0 Å². The van der Waals surface area contributed by atoms with E-state index < -0.39 is 0 Å². The summed E-state index contributed by atoms with van der Waals surface area (Å²) >= 11 is 0. The Bertz CT molecular complexity index is 3340. The van der Waals surface area contributed by atoms with Gasteiger partial charge in [0, 0.05) is 38.4 Å². The zero-order valence-corrected chi connectivity index (χ0v) is 32.6. The van der Waals surface area contributed by atoms with E-state index in [1.54, 1.807) is 12.2 Å². The standard InChI is InChI=1S/C33H24N2O.C22H15N/c1-3-8-28-33(34)26(20-29(35-28)24-9-5-4-6-10-24)23-16-14-22(15-17-23)25-11-7-12-31-32(25)27-19-21(2)13-18-30(27)36-31;1-2-10-18(11-3-1)23-21-13-7-6-12-19(21)20-14-16-8-4-5-9-17(16)15-22(20)23/h3-20,34H,1H2,2H3;1-15H/b28-8+,34-33?;. The van der Waals surface area contributed by atoms with Crippen molar-refractivity contribution in [2.45, 2.75) is 6.92 Å². The molecule has 10 aromatic rings. The fourth-order valence-electron chi connectivity index (χ4n) is 8.30. The monoisotopic (exact) mass is 757 g/mol. The van der Waals surface area contributed by atoms with E-state index in [0.717, 1.165) is 55.5 Å². The van der Waals surface area contributed by atoms with Crippen LogP contribution >= 0.6 is 0 Å². The van der Waals surface area contributed by atoms with Gasteiger partial charge in [-0.25, -0.2) is 4.99 Å². The predicted molar refractivity (Wildman–Crippen MR) is 249 cm³/mol. The average molecular weight is 758 g/mol. The number of aliphatic imine (C=N–C) groups is 1. The SMILES string of the molecule is C=C/C=C1/N=C(c2ccccc2)C=C(c2ccc(-c3cccc4oc5ccc(C)cc5c34)cc2)C1=N.c1ccc(-n2c3ccccc3c3cc4ccccc4cc32)cc1. The first-order valence-corrected chi connectivity index (χ1v) is 19.8. The lowest BCUT2D eigenvalue weighted by Crippen LogP contribution is -2.13. The molecular weight excluding hydrogens is 719 g/mol. The Morgan fingerprint density at radius 1 is 0.576 bits per heavy atom. The number of hydrogen-bond acceptors (Lipinski definition) is 3. The number of para-hydroxylation sites is 2. The van der Waals surface area contributed by atoms with Crippen LogP contribution in [0.15, 0.2) is 222 Å². The highest BCUT2D eigenvalue weighted by Crippen LogP contribution is 2.38. The van der Waals surface area contributed by atoms with Crippen molar-refractivity contribution in [2.75, 3.05) is 0 Å². The second kappa shape index (κ2) is 14.9. The van der Waals surface area contributed by atoms with Crippen LogP contribution in [0.1, 0.15) is 16.7 Å². The molecule has 0 saturated heterocycles. The van der Waals surface area contributed by atoms with E-state index in [9.17, 15) is 0 Å². The summed E-state index contributed by atoms with van der Waals surface area (Å²) < 4.78 is 8.48.